The van der Waals surface area contributed by atoms with E-state index >= 15 is 0 Å². The van der Waals surface area contributed by atoms with Crippen molar-refractivity contribution in [2.45, 2.75) is 52.1 Å². The molecule has 0 heterocycles. The van der Waals surface area contributed by atoms with E-state index in [0.29, 0.717) is 5.02 Å². The first-order chi connectivity index (χ1) is 9.45. The van der Waals surface area contributed by atoms with Gasteiger partial charge in [-0.25, -0.2) is 4.79 Å². The van der Waals surface area contributed by atoms with E-state index in [1.165, 1.54) is 25.0 Å². The van der Waals surface area contributed by atoms with E-state index in [0.717, 1.165) is 19.3 Å². The normalized spacial score (nSPS) is 12.2. The Morgan fingerprint density at radius 3 is 2.65 bits per heavy atom. The van der Waals surface area contributed by atoms with Crippen LogP contribution in [0.2, 0.25) is 10.0 Å². The smallest absolute Gasteiger partial charge is 0.340 e. The van der Waals surface area contributed by atoms with Crippen LogP contribution in [0.25, 0.3) is 0 Å². The number of benzene rings is 1. The third-order valence-corrected chi connectivity index (χ3v) is 3.62. The Morgan fingerprint density at radius 1 is 1.30 bits per heavy atom. The molecule has 0 saturated carbocycles. The van der Waals surface area contributed by atoms with Crippen LogP contribution in [0.1, 0.15) is 56.3 Å². The highest BCUT2D eigenvalue weighted by Crippen LogP contribution is 2.28. The topological polar surface area (TPSA) is 52.3 Å². The lowest BCUT2D eigenvalue weighted by Gasteiger charge is -2.14. The Hall–Kier alpha value is -0.930. The molecule has 0 aromatic heterocycles. The van der Waals surface area contributed by atoms with Gasteiger partial charge in [-0.3, -0.25) is 0 Å². The molecule has 0 aliphatic heterocycles. The minimum absolute atomic E-state index is 0.142. The van der Waals surface area contributed by atoms with Crippen LogP contribution in [0.15, 0.2) is 12.1 Å². The van der Waals surface area contributed by atoms with Gasteiger partial charge >= 0.3 is 5.97 Å². The Kier molecular flexibility index (Phi) is 7.17. The van der Waals surface area contributed by atoms with Crippen LogP contribution in [0.4, 0.5) is 5.69 Å². The number of hydrogen-bond acceptors (Lipinski definition) is 3. The molecule has 0 aliphatic rings. The fraction of sp³-hybridized carbons (Fsp3) is 0.533. The van der Waals surface area contributed by atoms with Crippen LogP contribution in [-0.4, -0.2) is 12.1 Å². The lowest BCUT2D eigenvalue weighted by molar-refractivity contribution is 0.0320. The molecule has 0 saturated heterocycles. The van der Waals surface area contributed by atoms with E-state index in [-0.39, 0.29) is 22.4 Å². The molecule has 5 heteroatoms. The Labute approximate surface area is 130 Å². The van der Waals surface area contributed by atoms with E-state index in [9.17, 15) is 4.79 Å². The maximum atomic E-state index is 12.0. The number of anilines is 1. The third-order valence-electron chi connectivity index (χ3n) is 3.09. The highest BCUT2D eigenvalue weighted by atomic mass is 35.5. The van der Waals surface area contributed by atoms with Gasteiger partial charge in [0.15, 0.2) is 0 Å². The Balaban J connectivity index is 2.58. The number of nitrogens with two attached hydrogens (primary N) is 1. The van der Waals surface area contributed by atoms with Crippen molar-refractivity contribution in [1.82, 2.24) is 0 Å². The van der Waals surface area contributed by atoms with Crippen LogP contribution < -0.4 is 5.73 Å². The highest BCUT2D eigenvalue weighted by Gasteiger charge is 2.17. The second-order valence-corrected chi connectivity index (χ2v) is 5.76. The van der Waals surface area contributed by atoms with Crippen molar-refractivity contribution in [3.63, 3.8) is 0 Å². The maximum Gasteiger partial charge on any atom is 0.340 e. The SMILES string of the molecule is CCCCCCC(C)OC(=O)c1cc(Cl)cc(Cl)c1N. The fourth-order valence-corrected chi connectivity index (χ4v) is 2.41. The number of carbonyl (C=O) groups excluding carboxylic acids is 1. The Bertz CT molecular complexity index is 463. The summed E-state index contributed by atoms with van der Waals surface area (Å²) in [6.07, 6.45) is 5.30. The molecule has 1 aromatic rings. The molecule has 0 bridgehead atoms. The van der Waals surface area contributed by atoms with Gasteiger partial charge < -0.3 is 10.5 Å². The summed E-state index contributed by atoms with van der Waals surface area (Å²) in [5.74, 6) is -0.477. The van der Waals surface area contributed by atoms with Crippen molar-refractivity contribution in [3.05, 3.63) is 27.7 Å². The lowest BCUT2D eigenvalue weighted by atomic mass is 10.1. The van der Waals surface area contributed by atoms with Crippen LogP contribution in [-0.2, 0) is 4.74 Å². The van der Waals surface area contributed by atoms with Crippen molar-refractivity contribution in [1.29, 1.82) is 0 Å². The lowest BCUT2D eigenvalue weighted by Crippen LogP contribution is -2.16. The molecule has 1 rings (SSSR count). The molecule has 3 nitrogen and oxygen atoms in total. The molecule has 0 fully saturated rings. The van der Waals surface area contributed by atoms with Crippen molar-refractivity contribution in [3.8, 4) is 0 Å². The fourth-order valence-electron chi connectivity index (χ4n) is 1.92. The first-order valence-electron chi connectivity index (χ1n) is 6.91. The number of hydrogen-bond donors (Lipinski definition) is 1. The standard InChI is InChI=1S/C15H21Cl2NO2/c1-3-4-5-6-7-10(2)20-15(19)12-8-11(16)9-13(17)14(12)18/h8-10H,3-7,18H2,1-2H3. The summed E-state index contributed by atoms with van der Waals surface area (Å²) >= 11 is 11.8. The van der Waals surface area contributed by atoms with E-state index in [1.807, 2.05) is 6.92 Å². The first kappa shape index (κ1) is 17.1. The molecule has 0 radical (unpaired) electrons. The van der Waals surface area contributed by atoms with E-state index < -0.39 is 5.97 Å². The summed E-state index contributed by atoms with van der Waals surface area (Å²) in [6, 6.07) is 2.98. The van der Waals surface area contributed by atoms with Gasteiger partial charge in [0.2, 0.25) is 0 Å². The van der Waals surface area contributed by atoms with Crippen molar-refractivity contribution < 1.29 is 9.53 Å². The number of rotatable bonds is 7. The molecule has 2 N–H and O–H groups in total. The summed E-state index contributed by atoms with van der Waals surface area (Å²) < 4.78 is 5.37. The molecular formula is C15H21Cl2NO2. The molecule has 0 spiro atoms. The third kappa shape index (κ3) is 5.22. The van der Waals surface area contributed by atoms with Crippen molar-refractivity contribution >= 4 is 34.9 Å². The monoisotopic (exact) mass is 317 g/mol. The van der Waals surface area contributed by atoms with Gasteiger partial charge in [0.25, 0.3) is 0 Å². The molecule has 112 valence electrons. The zero-order valence-electron chi connectivity index (χ0n) is 11.9. The minimum Gasteiger partial charge on any atom is -0.459 e. The summed E-state index contributed by atoms with van der Waals surface area (Å²) in [5.41, 5.74) is 6.21. The minimum atomic E-state index is -0.477. The second-order valence-electron chi connectivity index (χ2n) is 4.91. The van der Waals surface area contributed by atoms with Gasteiger partial charge in [0, 0.05) is 5.02 Å². The average Bonchev–Trinajstić information content (AvgIpc) is 2.38. The average molecular weight is 318 g/mol. The highest BCUT2D eigenvalue weighted by molar-refractivity contribution is 6.37. The molecule has 1 unspecified atom stereocenters. The van der Waals surface area contributed by atoms with E-state index in [1.54, 1.807) is 0 Å². The van der Waals surface area contributed by atoms with Gasteiger partial charge in [-0.2, -0.15) is 0 Å². The molecule has 0 aliphatic carbocycles. The maximum absolute atomic E-state index is 12.0. The second kappa shape index (κ2) is 8.38. The van der Waals surface area contributed by atoms with E-state index in [2.05, 4.69) is 6.92 Å². The van der Waals surface area contributed by atoms with Gasteiger partial charge in [0.1, 0.15) is 0 Å². The van der Waals surface area contributed by atoms with Gasteiger partial charge in [0.05, 0.1) is 22.4 Å². The number of halogens is 2. The van der Waals surface area contributed by atoms with Crippen LogP contribution >= 0.6 is 23.2 Å². The number of esters is 1. The molecule has 20 heavy (non-hydrogen) atoms. The number of carbonyl (C=O) groups is 1. The summed E-state index contributed by atoms with van der Waals surface area (Å²) in [6.45, 7) is 4.04. The summed E-state index contributed by atoms with van der Waals surface area (Å²) in [4.78, 5) is 12.0. The van der Waals surface area contributed by atoms with Gasteiger partial charge in [-0.1, -0.05) is 49.4 Å². The number of unbranched alkanes of at least 4 members (excludes halogenated alkanes) is 3. The number of ether oxygens (including phenoxy) is 1. The largest absolute Gasteiger partial charge is 0.459 e. The van der Waals surface area contributed by atoms with Crippen LogP contribution in [0.3, 0.4) is 0 Å². The molecule has 1 aromatic carbocycles. The Morgan fingerprint density at radius 2 is 2.00 bits per heavy atom. The molecule has 0 amide bonds. The quantitative estimate of drug-likeness (QED) is 0.433. The zero-order chi connectivity index (χ0) is 15.1. The predicted molar refractivity (Wildman–Crippen MR) is 84.5 cm³/mol. The van der Waals surface area contributed by atoms with Gasteiger partial charge in [-0.05, 0) is 31.9 Å². The van der Waals surface area contributed by atoms with Crippen molar-refractivity contribution in [2.24, 2.45) is 0 Å². The summed E-state index contributed by atoms with van der Waals surface area (Å²) in [7, 11) is 0. The zero-order valence-corrected chi connectivity index (χ0v) is 13.4. The van der Waals surface area contributed by atoms with Gasteiger partial charge in [-0.15, -0.1) is 0 Å². The van der Waals surface area contributed by atoms with Crippen molar-refractivity contribution in [2.75, 3.05) is 5.73 Å². The van der Waals surface area contributed by atoms with Crippen LogP contribution in [0, 0.1) is 0 Å². The first-order valence-corrected chi connectivity index (χ1v) is 7.66. The molecule has 1 atom stereocenters. The summed E-state index contributed by atoms with van der Waals surface area (Å²) in [5, 5.41) is 0.631. The van der Waals surface area contributed by atoms with E-state index in [4.69, 9.17) is 33.7 Å². The van der Waals surface area contributed by atoms with Crippen LogP contribution in [0.5, 0.6) is 0 Å². The predicted octanol–water partition coefficient (Wildman–Crippen LogP) is 5.09. The number of nitrogen functional groups attached to an aromatic ring is 1. The molecular weight excluding hydrogens is 297 g/mol.